The summed E-state index contributed by atoms with van der Waals surface area (Å²) in [5.74, 6) is 0.780. The Hall–Kier alpha value is -3.10. The van der Waals surface area contributed by atoms with Gasteiger partial charge in [-0.05, 0) is 69.9 Å². The summed E-state index contributed by atoms with van der Waals surface area (Å²) in [6.45, 7) is 5.18. The molecule has 11 heteroatoms. The largest absolute Gasteiger partial charge is 0.354 e. The van der Waals surface area contributed by atoms with Crippen LogP contribution in [0.1, 0.15) is 31.0 Å². The third kappa shape index (κ3) is 5.12. The topological polar surface area (TPSA) is 120 Å². The molecule has 1 fully saturated rings. The number of benzene rings is 1. The van der Waals surface area contributed by atoms with Crippen molar-refractivity contribution in [1.29, 1.82) is 5.26 Å². The molecule has 4 aromatic rings. The summed E-state index contributed by atoms with van der Waals surface area (Å²) in [6, 6.07) is 7.90. The van der Waals surface area contributed by atoms with E-state index < -0.39 is 0 Å². The van der Waals surface area contributed by atoms with Gasteiger partial charge < -0.3 is 25.1 Å². The van der Waals surface area contributed by atoms with Crippen LogP contribution in [0.15, 0.2) is 39.2 Å². The van der Waals surface area contributed by atoms with Crippen LogP contribution < -0.4 is 16.1 Å². The van der Waals surface area contributed by atoms with Gasteiger partial charge in [0.2, 0.25) is 5.43 Å². The van der Waals surface area contributed by atoms with E-state index in [4.69, 9.17) is 27.3 Å². The summed E-state index contributed by atoms with van der Waals surface area (Å²) >= 11 is 8.11. The van der Waals surface area contributed by atoms with Crippen molar-refractivity contribution in [3.8, 4) is 6.07 Å². The Kier molecular flexibility index (Phi) is 7.63. The van der Waals surface area contributed by atoms with Crippen LogP contribution in [0.4, 0.5) is 5.82 Å². The van der Waals surface area contributed by atoms with Gasteiger partial charge in [0.1, 0.15) is 23.1 Å². The van der Waals surface area contributed by atoms with Crippen molar-refractivity contribution < 1.29 is 0 Å². The lowest BCUT2D eigenvalue weighted by Crippen LogP contribution is -2.27. The number of nitrogens with zero attached hydrogens (tertiary/aromatic N) is 6. The van der Waals surface area contributed by atoms with Crippen LogP contribution in [0, 0.1) is 11.3 Å². The average Bonchev–Trinajstić information content (AvgIpc) is 3.47. The van der Waals surface area contributed by atoms with Crippen molar-refractivity contribution in [2.24, 2.45) is 5.73 Å². The fourth-order valence-corrected chi connectivity index (χ4v) is 6.08. The number of fused-ring (bicyclic) bond motifs is 2. The SMILES string of the molecule is CCc1[nH]c2nc(Sc3ccc4c(c3)c(=O)c(C#N)cn4CCCN(C)C)nc(N3CC[C@H](N)C3)c2c1Cl. The van der Waals surface area contributed by atoms with Crippen molar-refractivity contribution >= 4 is 51.1 Å². The van der Waals surface area contributed by atoms with E-state index >= 15 is 0 Å². The molecule has 3 aromatic heterocycles. The smallest absolute Gasteiger partial charge is 0.207 e. The first-order valence-corrected chi connectivity index (χ1v) is 14.0. The number of pyridine rings is 1. The zero-order chi connectivity index (χ0) is 27.0. The highest BCUT2D eigenvalue weighted by Gasteiger charge is 2.26. The number of aryl methyl sites for hydroxylation is 2. The van der Waals surface area contributed by atoms with Gasteiger partial charge in [0.15, 0.2) is 5.16 Å². The second-order valence-electron chi connectivity index (χ2n) is 9.93. The number of rotatable bonds is 8. The number of anilines is 1. The Morgan fingerprint density at radius 2 is 2.16 bits per heavy atom. The van der Waals surface area contributed by atoms with Crippen LogP contribution in [-0.2, 0) is 13.0 Å². The molecule has 3 N–H and O–H groups in total. The minimum atomic E-state index is -0.263. The molecule has 198 valence electrons. The summed E-state index contributed by atoms with van der Waals surface area (Å²) in [5, 5.41) is 12.1. The lowest BCUT2D eigenvalue weighted by molar-refractivity contribution is 0.387. The molecule has 38 heavy (non-hydrogen) atoms. The second-order valence-corrected chi connectivity index (χ2v) is 11.4. The van der Waals surface area contributed by atoms with Gasteiger partial charge in [-0.2, -0.15) is 5.26 Å². The number of nitrogens with one attached hydrogen (secondary N) is 1. The lowest BCUT2D eigenvalue weighted by atomic mass is 10.1. The number of halogens is 1. The van der Waals surface area contributed by atoms with E-state index in [9.17, 15) is 10.1 Å². The molecule has 0 spiro atoms. The zero-order valence-electron chi connectivity index (χ0n) is 21.8. The number of H-pyrrole nitrogens is 1. The number of hydrogen-bond acceptors (Lipinski definition) is 8. The predicted octanol–water partition coefficient (Wildman–Crippen LogP) is 4.00. The molecule has 1 saturated heterocycles. The van der Waals surface area contributed by atoms with Crippen molar-refractivity contribution in [3.05, 3.63) is 50.9 Å². The molecule has 0 amide bonds. The fraction of sp³-hybridized carbons (Fsp3) is 0.407. The summed E-state index contributed by atoms with van der Waals surface area (Å²) in [5.41, 5.74) is 8.50. The Balaban J connectivity index is 1.55. The minimum absolute atomic E-state index is 0.0918. The summed E-state index contributed by atoms with van der Waals surface area (Å²) < 4.78 is 2.00. The average molecular weight is 551 g/mol. The third-order valence-corrected chi connectivity index (χ3v) is 8.16. The molecule has 0 aliphatic carbocycles. The first-order valence-electron chi connectivity index (χ1n) is 12.8. The quantitative estimate of drug-likeness (QED) is 0.316. The van der Waals surface area contributed by atoms with Crippen LogP contribution in [0.2, 0.25) is 5.02 Å². The van der Waals surface area contributed by atoms with E-state index in [0.717, 1.165) is 59.7 Å². The van der Waals surface area contributed by atoms with Crippen LogP contribution in [-0.4, -0.2) is 64.2 Å². The standard InChI is InChI=1S/C27H31ClN8OS/c1-4-20-23(28)22-25(31-20)32-27(33-26(22)36-11-8-17(30)15-36)38-18-6-7-21-19(12-18)24(37)16(13-29)14-35(21)10-5-9-34(2)3/h6-7,12,14,17H,4-5,8-11,15,30H2,1-3H3,(H,31,32,33)/t17-/m0/s1. The van der Waals surface area contributed by atoms with E-state index in [0.29, 0.717) is 34.3 Å². The Morgan fingerprint density at radius 3 is 2.84 bits per heavy atom. The maximum Gasteiger partial charge on any atom is 0.207 e. The molecular weight excluding hydrogens is 520 g/mol. The number of aromatic nitrogens is 4. The Morgan fingerprint density at radius 1 is 1.34 bits per heavy atom. The van der Waals surface area contributed by atoms with Gasteiger partial charge in [-0.25, -0.2) is 9.97 Å². The van der Waals surface area contributed by atoms with Gasteiger partial charge >= 0.3 is 0 Å². The molecule has 1 aliphatic rings. The summed E-state index contributed by atoms with van der Waals surface area (Å²) in [6.07, 6.45) is 4.21. The van der Waals surface area contributed by atoms with E-state index in [-0.39, 0.29) is 17.0 Å². The van der Waals surface area contributed by atoms with Crippen molar-refractivity contribution in [1.82, 2.24) is 24.4 Å². The fourth-order valence-electron chi connectivity index (χ4n) is 4.94. The highest BCUT2D eigenvalue weighted by molar-refractivity contribution is 7.99. The first kappa shape index (κ1) is 26.5. The Labute approximate surface area is 230 Å². The molecule has 0 radical (unpaired) electrons. The van der Waals surface area contributed by atoms with Crippen LogP contribution in [0.5, 0.6) is 0 Å². The van der Waals surface area contributed by atoms with Gasteiger partial charge in [-0.1, -0.05) is 18.5 Å². The van der Waals surface area contributed by atoms with Crippen molar-refractivity contribution in [3.63, 3.8) is 0 Å². The molecule has 5 rings (SSSR count). The number of nitrogens with two attached hydrogens (primary N) is 1. The second kappa shape index (κ2) is 10.9. The van der Waals surface area contributed by atoms with Gasteiger partial charge in [0.05, 0.1) is 15.9 Å². The van der Waals surface area contributed by atoms with Crippen LogP contribution in [0.3, 0.4) is 0 Å². The molecule has 9 nitrogen and oxygen atoms in total. The number of aromatic amines is 1. The summed E-state index contributed by atoms with van der Waals surface area (Å²) in [4.78, 5) is 31.2. The highest BCUT2D eigenvalue weighted by Crippen LogP contribution is 2.38. The van der Waals surface area contributed by atoms with E-state index in [1.54, 1.807) is 6.20 Å². The van der Waals surface area contributed by atoms with E-state index in [2.05, 4.69) is 20.9 Å². The maximum absolute atomic E-state index is 13.1. The molecule has 1 aromatic carbocycles. The van der Waals surface area contributed by atoms with Gasteiger partial charge in [-0.3, -0.25) is 4.79 Å². The molecule has 1 atom stereocenters. The highest BCUT2D eigenvalue weighted by atomic mass is 35.5. The van der Waals surface area contributed by atoms with Crippen LogP contribution in [0.25, 0.3) is 21.9 Å². The molecule has 1 aliphatic heterocycles. The minimum Gasteiger partial charge on any atom is -0.354 e. The monoisotopic (exact) mass is 550 g/mol. The lowest BCUT2D eigenvalue weighted by Gasteiger charge is -2.18. The van der Waals surface area contributed by atoms with Crippen LogP contribution >= 0.6 is 23.4 Å². The molecule has 0 unspecified atom stereocenters. The molecular formula is C27H31ClN8OS. The summed E-state index contributed by atoms with van der Waals surface area (Å²) in [7, 11) is 4.06. The van der Waals surface area contributed by atoms with Gasteiger partial charge in [0.25, 0.3) is 0 Å². The van der Waals surface area contributed by atoms with Gasteiger partial charge in [-0.15, -0.1) is 0 Å². The normalized spacial score (nSPS) is 15.7. The van der Waals surface area contributed by atoms with Gasteiger partial charge in [0, 0.05) is 47.8 Å². The first-order chi connectivity index (χ1) is 18.3. The van der Waals surface area contributed by atoms with E-state index in [1.807, 2.05) is 43.8 Å². The number of hydrogen-bond donors (Lipinski definition) is 2. The predicted molar refractivity (Wildman–Crippen MR) is 153 cm³/mol. The Bertz CT molecular complexity index is 1610. The van der Waals surface area contributed by atoms with Crippen molar-refractivity contribution in [2.45, 2.75) is 48.8 Å². The molecule has 0 saturated carbocycles. The van der Waals surface area contributed by atoms with Crippen molar-refractivity contribution in [2.75, 3.05) is 38.6 Å². The third-order valence-electron chi connectivity index (χ3n) is 6.89. The zero-order valence-corrected chi connectivity index (χ0v) is 23.4. The maximum atomic E-state index is 13.1. The molecule has 4 heterocycles. The van der Waals surface area contributed by atoms with E-state index in [1.165, 1.54) is 11.8 Å². The molecule has 0 bridgehead atoms. The number of nitriles is 1.